The lowest BCUT2D eigenvalue weighted by Crippen LogP contribution is -2.31. The van der Waals surface area contributed by atoms with Gasteiger partial charge in [-0.05, 0) is 42.9 Å². The molecule has 7 heteroatoms. The number of ether oxygens (including phenoxy) is 1. The van der Waals surface area contributed by atoms with E-state index in [0.29, 0.717) is 43.5 Å². The van der Waals surface area contributed by atoms with Crippen LogP contribution < -0.4 is 5.32 Å². The summed E-state index contributed by atoms with van der Waals surface area (Å²) in [6.07, 6.45) is 4.25. The van der Waals surface area contributed by atoms with Gasteiger partial charge in [0.1, 0.15) is 0 Å². The van der Waals surface area contributed by atoms with E-state index in [1.165, 1.54) is 0 Å². The van der Waals surface area contributed by atoms with Gasteiger partial charge in [-0.2, -0.15) is 4.31 Å². The molecule has 1 aliphatic heterocycles. The van der Waals surface area contributed by atoms with Crippen molar-refractivity contribution in [1.29, 1.82) is 0 Å². The van der Waals surface area contributed by atoms with Crippen molar-refractivity contribution in [1.82, 2.24) is 9.62 Å². The molecule has 1 saturated heterocycles. The van der Waals surface area contributed by atoms with Gasteiger partial charge in [-0.25, -0.2) is 13.2 Å². The lowest BCUT2D eigenvalue weighted by molar-refractivity contribution is 0.133. The van der Waals surface area contributed by atoms with Gasteiger partial charge < -0.3 is 10.1 Å². The summed E-state index contributed by atoms with van der Waals surface area (Å²) in [6, 6.07) is 6.94. The Hall–Kier alpha value is -1.60. The SMILES string of the molecule is CC(C)COC(=O)NCCc1ccc(S(=O)(=O)N2CCCCCC2)cc1. The molecule has 0 atom stereocenters. The van der Waals surface area contributed by atoms with E-state index in [1.807, 2.05) is 26.0 Å². The first-order valence-electron chi connectivity index (χ1n) is 9.39. The first kappa shape index (κ1) is 20.7. The molecule has 0 saturated carbocycles. The number of benzene rings is 1. The van der Waals surface area contributed by atoms with Crippen molar-refractivity contribution in [3.8, 4) is 0 Å². The largest absolute Gasteiger partial charge is 0.449 e. The molecule has 1 heterocycles. The molecule has 1 aromatic carbocycles. The highest BCUT2D eigenvalue weighted by atomic mass is 32.2. The Morgan fingerprint density at radius 1 is 1.12 bits per heavy atom. The molecular formula is C19H30N2O4S. The predicted molar refractivity (Wildman–Crippen MR) is 102 cm³/mol. The smallest absolute Gasteiger partial charge is 0.407 e. The van der Waals surface area contributed by atoms with E-state index in [0.717, 1.165) is 31.2 Å². The standard InChI is InChI=1S/C19H30N2O4S/c1-16(2)15-25-19(22)20-12-11-17-7-9-18(10-8-17)26(23,24)21-13-5-3-4-6-14-21/h7-10,16H,3-6,11-15H2,1-2H3,(H,20,22). The van der Waals surface area contributed by atoms with Crippen molar-refractivity contribution in [3.05, 3.63) is 29.8 Å². The summed E-state index contributed by atoms with van der Waals surface area (Å²) in [7, 11) is -3.41. The van der Waals surface area contributed by atoms with Crippen LogP contribution in [0.2, 0.25) is 0 Å². The lowest BCUT2D eigenvalue weighted by atomic mass is 10.1. The van der Waals surface area contributed by atoms with E-state index in [-0.39, 0.29) is 0 Å². The maximum Gasteiger partial charge on any atom is 0.407 e. The summed E-state index contributed by atoms with van der Waals surface area (Å²) in [6.45, 7) is 6.02. The van der Waals surface area contributed by atoms with Crippen LogP contribution >= 0.6 is 0 Å². The molecule has 1 N–H and O–H groups in total. The summed E-state index contributed by atoms with van der Waals surface area (Å²) in [5.41, 5.74) is 0.976. The minimum absolute atomic E-state index is 0.305. The zero-order chi connectivity index (χ0) is 19.0. The highest BCUT2D eigenvalue weighted by Gasteiger charge is 2.24. The van der Waals surface area contributed by atoms with Crippen LogP contribution in [0.1, 0.15) is 45.1 Å². The average Bonchev–Trinajstić information content (AvgIpc) is 2.90. The highest BCUT2D eigenvalue weighted by molar-refractivity contribution is 7.89. The molecule has 0 spiro atoms. The van der Waals surface area contributed by atoms with Gasteiger partial charge in [-0.1, -0.05) is 38.8 Å². The molecule has 26 heavy (non-hydrogen) atoms. The van der Waals surface area contributed by atoms with Crippen molar-refractivity contribution >= 4 is 16.1 Å². The topological polar surface area (TPSA) is 75.7 Å². The van der Waals surface area contributed by atoms with E-state index in [1.54, 1.807) is 16.4 Å². The molecule has 0 aliphatic carbocycles. The van der Waals surface area contributed by atoms with Gasteiger partial charge in [0.05, 0.1) is 11.5 Å². The minimum Gasteiger partial charge on any atom is -0.449 e. The molecule has 146 valence electrons. The van der Waals surface area contributed by atoms with Gasteiger partial charge in [-0.15, -0.1) is 0 Å². The third-order valence-corrected chi connectivity index (χ3v) is 6.27. The number of nitrogens with zero attached hydrogens (tertiary/aromatic N) is 1. The maximum atomic E-state index is 12.7. The summed E-state index contributed by atoms with van der Waals surface area (Å²) >= 11 is 0. The second kappa shape index (κ2) is 9.92. The number of amides is 1. The van der Waals surface area contributed by atoms with Crippen LogP contribution in [0, 0.1) is 5.92 Å². The monoisotopic (exact) mass is 382 g/mol. The molecule has 1 aliphatic rings. The first-order chi connectivity index (χ1) is 12.4. The number of alkyl carbamates (subject to hydrolysis) is 1. The first-order valence-corrected chi connectivity index (χ1v) is 10.8. The Bertz CT molecular complexity index is 663. The molecule has 0 radical (unpaired) electrons. The third-order valence-electron chi connectivity index (χ3n) is 4.36. The van der Waals surface area contributed by atoms with Crippen LogP contribution in [0.15, 0.2) is 29.2 Å². The predicted octanol–water partition coefficient (Wildman–Crippen LogP) is 3.18. The Morgan fingerprint density at radius 2 is 1.73 bits per heavy atom. The maximum absolute atomic E-state index is 12.7. The Morgan fingerprint density at radius 3 is 2.31 bits per heavy atom. The number of carbonyl (C=O) groups excluding carboxylic acids is 1. The molecule has 1 fully saturated rings. The Labute approximate surface area is 157 Å². The fourth-order valence-electron chi connectivity index (χ4n) is 2.86. The second-order valence-electron chi connectivity index (χ2n) is 7.13. The summed E-state index contributed by atoms with van der Waals surface area (Å²) in [5.74, 6) is 0.305. The van der Waals surface area contributed by atoms with E-state index in [9.17, 15) is 13.2 Å². The fourth-order valence-corrected chi connectivity index (χ4v) is 4.38. The normalized spacial score (nSPS) is 16.3. The summed E-state index contributed by atoms with van der Waals surface area (Å²) in [5, 5.41) is 2.70. The van der Waals surface area contributed by atoms with Crippen molar-refractivity contribution in [2.24, 2.45) is 5.92 Å². The lowest BCUT2D eigenvalue weighted by Gasteiger charge is -2.20. The van der Waals surface area contributed by atoms with Gasteiger partial charge in [0.2, 0.25) is 10.0 Å². The Kier molecular flexibility index (Phi) is 7.90. The molecule has 2 rings (SSSR count). The van der Waals surface area contributed by atoms with Crippen LogP contribution in [-0.4, -0.2) is 45.1 Å². The summed E-state index contributed by atoms with van der Waals surface area (Å²) in [4.78, 5) is 11.8. The number of hydrogen-bond acceptors (Lipinski definition) is 4. The van der Waals surface area contributed by atoms with E-state index < -0.39 is 16.1 Å². The van der Waals surface area contributed by atoms with Crippen LogP contribution in [0.25, 0.3) is 0 Å². The number of nitrogens with one attached hydrogen (secondary N) is 1. The average molecular weight is 383 g/mol. The van der Waals surface area contributed by atoms with Crippen LogP contribution in [0.3, 0.4) is 0 Å². The number of sulfonamides is 1. The van der Waals surface area contributed by atoms with Gasteiger partial charge in [0.15, 0.2) is 0 Å². The molecule has 0 aromatic heterocycles. The number of hydrogen-bond donors (Lipinski definition) is 1. The van der Waals surface area contributed by atoms with E-state index in [2.05, 4.69) is 5.32 Å². The van der Waals surface area contributed by atoms with Crippen LogP contribution in [0.4, 0.5) is 4.79 Å². The highest BCUT2D eigenvalue weighted by Crippen LogP contribution is 2.20. The quantitative estimate of drug-likeness (QED) is 0.786. The fraction of sp³-hybridized carbons (Fsp3) is 0.632. The molecule has 1 aromatic rings. The van der Waals surface area contributed by atoms with Crippen molar-refractivity contribution in [3.63, 3.8) is 0 Å². The zero-order valence-electron chi connectivity index (χ0n) is 15.7. The number of rotatable bonds is 7. The molecule has 1 amide bonds. The molecule has 0 unspecified atom stereocenters. The minimum atomic E-state index is -3.41. The van der Waals surface area contributed by atoms with E-state index in [4.69, 9.17) is 4.74 Å². The van der Waals surface area contributed by atoms with Gasteiger partial charge >= 0.3 is 6.09 Å². The Balaban J connectivity index is 1.86. The third kappa shape index (κ3) is 6.29. The molecule has 6 nitrogen and oxygen atoms in total. The van der Waals surface area contributed by atoms with Crippen molar-refractivity contribution < 1.29 is 17.9 Å². The van der Waals surface area contributed by atoms with Crippen LogP contribution in [-0.2, 0) is 21.2 Å². The van der Waals surface area contributed by atoms with Gasteiger partial charge in [0.25, 0.3) is 0 Å². The number of carbonyl (C=O) groups is 1. The summed E-state index contributed by atoms with van der Waals surface area (Å²) < 4.78 is 32.1. The van der Waals surface area contributed by atoms with Gasteiger partial charge in [-0.3, -0.25) is 0 Å². The molecule has 0 bridgehead atoms. The van der Waals surface area contributed by atoms with Crippen LogP contribution in [0.5, 0.6) is 0 Å². The van der Waals surface area contributed by atoms with Crippen molar-refractivity contribution in [2.45, 2.75) is 50.8 Å². The zero-order valence-corrected chi connectivity index (χ0v) is 16.6. The van der Waals surface area contributed by atoms with Crippen molar-refractivity contribution in [2.75, 3.05) is 26.2 Å². The second-order valence-corrected chi connectivity index (χ2v) is 9.07. The van der Waals surface area contributed by atoms with E-state index >= 15 is 0 Å². The van der Waals surface area contributed by atoms with Gasteiger partial charge in [0, 0.05) is 19.6 Å². The molecular weight excluding hydrogens is 352 g/mol.